The van der Waals surface area contributed by atoms with E-state index >= 15 is 0 Å². The van der Waals surface area contributed by atoms with Gasteiger partial charge in [0.15, 0.2) is 5.78 Å². The van der Waals surface area contributed by atoms with Gasteiger partial charge in [-0.15, -0.1) is 0 Å². The lowest BCUT2D eigenvalue weighted by molar-refractivity contribution is -0.116. The minimum absolute atomic E-state index is 0.0925. The number of aliphatic hydroxyl groups is 2. The van der Waals surface area contributed by atoms with Crippen molar-refractivity contribution < 1.29 is 19.7 Å². The summed E-state index contributed by atoms with van der Waals surface area (Å²) in [7, 11) is 0. The number of β-amino-alcohol motifs (C(OH)–C–C–N with tert-alkyl or cyclic N) is 1. The molecule has 0 amide bonds. The molecule has 1 aliphatic carbocycles. The van der Waals surface area contributed by atoms with Crippen molar-refractivity contribution in [2.24, 2.45) is 4.99 Å². The fourth-order valence-electron chi connectivity index (χ4n) is 4.49. The highest BCUT2D eigenvalue weighted by molar-refractivity contribution is 6.14. The highest BCUT2D eigenvalue weighted by Crippen LogP contribution is 2.32. The molecular weight excluding hydrogens is 424 g/mol. The lowest BCUT2D eigenvalue weighted by Crippen LogP contribution is -2.47. The fourth-order valence-corrected chi connectivity index (χ4v) is 4.49. The Bertz CT molecular complexity index is 845. The standard InChI is InChI=1S/C23H34N6O4/c30-10-7-28-5-3-27(4-6-28)2-1-24-17-20-21(31)13-18(14-22(20)32)19-15-25-23(26-16-19)29-8-11-33-12-9-29/h15-18,30-31H,1-14H2. The second-order valence-corrected chi connectivity index (χ2v) is 8.75. The van der Waals surface area contributed by atoms with Crippen LogP contribution in [0.25, 0.3) is 0 Å². The number of aromatic nitrogens is 2. The molecule has 1 unspecified atom stereocenters. The Hall–Kier alpha value is -2.40. The summed E-state index contributed by atoms with van der Waals surface area (Å²) in [5.41, 5.74) is 1.19. The number of anilines is 1. The normalized spacial score (nSPS) is 23.6. The molecule has 2 N–H and O–H groups in total. The second-order valence-electron chi connectivity index (χ2n) is 8.75. The molecule has 4 rings (SSSR count). The molecule has 2 saturated heterocycles. The summed E-state index contributed by atoms with van der Waals surface area (Å²) in [4.78, 5) is 32.7. The zero-order chi connectivity index (χ0) is 23.0. The van der Waals surface area contributed by atoms with Crippen LogP contribution in [0.5, 0.6) is 0 Å². The van der Waals surface area contributed by atoms with E-state index < -0.39 is 0 Å². The van der Waals surface area contributed by atoms with E-state index in [1.165, 1.54) is 6.21 Å². The van der Waals surface area contributed by atoms with Gasteiger partial charge in [-0.05, 0) is 5.56 Å². The van der Waals surface area contributed by atoms with E-state index in [0.717, 1.165) is 57.9 Å². The smallest absolute Gasteiger partial charge is 0.225 e. The SMILES string of the molecule is O=C1CC(c2cnc(N3CCOCC3)nc2)CC(O)=C1C=NCCN1CCN(CCO)CC1. The van der Waals surface area contributed by atoms with E-state index in [9.17, 15) is 9.90 Å². The zero-order valence-corrected chi connectivity index (χ0v) is 19.1. The molecule has 2 fully saturated rings. The van der Waals surface area contributed by atoms with Gasteiger partial charge in [-0.25, -0.2) is 9.97 Å². The summed E-state index contributed by atoms with van der Waals surface area (Å²) >= 11 is 0. The average Bonchev–Trinajstić information content (AvgIpc) is 2.85. The minimum atomic E-state index is -0.122. The molecule has 33 heavy (non-hydrogen) atoms. The number of carbonyl (C=O) groups is 1. The Balaban J connectivity index is 1.27. The van der Waals surface area contributed by atoms with Crippen LogP contribution in [0.4, 0.5) is 5.95 Å². The third-order valence-corrected chi connectivity index (χ3v) is 6.55. The third kappa shape index (κ3) is 6.35. The van der Waals surface area contributed by atoms with Gasteiger partial charge >= 0.3 is 0 Å². The fraction of sp³-hybridized carbons (Fsp3) is 0.652. The molecule has 1 aromatic heterocycles. The lowest BCUT2D eigenvalue weighted by atomic mass is 9.84. The molecule has 1 atom stereocenters. The number of morpholine rings is 1. The van der Waals surface area contributed by atoms with Gasteiger partial charge in [0.25, 0.3) is 0 Å². The molecule has 1 aromatic rings. The van der Waals surface area contributed by atoms with Crippen LogP contribution >= 0.6 is 0 Å². The third-order valence-electron chi connectivity index (χ3n) is 6.55. The minimum Gasteiger partial charge on any atom is -0.511 e. The van der Waals surface area contributed by atoms with Crippen molar-refractivity contribution in [3.63, 3.8) is 0 Å². The number of aliphatic hydroxyl groups excluding tert-OH is 2. The van der Waals surface area contributed by atoms with Crippen LogP contribution < -0.4 is 4.90 Å². The molecule has 3 heterocycles. The number of allylic oxidation sites excluding steroid dienone is 2. The number of hydrogen-bond donors (Lipinski definition) is 2. The van der Waals surface area contributed by atoms with Gasteiger partial charge in [0.05, 0.1) is 31.9 Å². The maximum atomic E-state index is 12.7. The number of carbonyl (C=O) groups excluding carboxylic acids is 1. The maximum Gasteiger partial charge on any atom is 0.225 e. The molecule has 3 aliphatic rings. The monoisotopic (exact) mass is 458 g/mol. The van der Waals surface area contributed by atoms with E-state index in [2.05, 4.69) is 29.7 Å². The predicted octanol–water partition coefficient (Wildman–Crippen LogP) is 0.253. The Kier molecular flexibility index (Phi) is 8.38. The zero-order valence-electron chi connectivity index (χ0n) is 19.1. The molecule has 0 aromatic carbocycles. The summed E-state index contributed by atoms with van der Waals surface area (Å²) in [5, 5.41) is 19.6. The maximum absolute atomic E-state index is 12.7. The van der Waals surface area contributed by atoms with Gasteiger partial charge < -0.3 is 19.8 Å². The number of hydrogen-bond acceptors (Lipinski definition) is 10. The van der Waals surface area contributed by atoms with Crippen molar-refractivity contribution in [2.75, 3.05) is 83.6 Å². The number of nitrogens with zero attached hydrogens (tertiary/aromatic N) is 6. The van der Waals surface area contributed by atoms with Crippen LogP contribution in [-0.2, 0) is 9.53 Å². The van der Waals surface area contributed by atoms with Crippen molar-refractivity contribution in [1.29, 1.82) is 0 Å². The Labute approximate surface area is 194 Å². The Morgan fingerprint density at radius 3 is 2.33 bits per heavy atom. The average molecular weight is 459 g/mol. The number of Topliss-reactive ketones (excluding diaryl/α,β-unsaturated/α-hetero) is 1. The Morgan fingerprint density at radius 2 is 1.70 bits per heavy atom. The number of piperazine rings is 1. The van der Waals surface area contributed by atoms with Crippen molar-refractivity contribution in [1.82, 2.24) is 19.8 Å². The van der Waals surface area contributed by atoms with Gasteiger partial charge in [-0.2, -0.15) is 0 Å². The molecule has 10 heteroatoms. The first kappa shape index (κ1) is 23.7. The van der Waals surface area contributed by atoms with E-state index in [0.29, 0.717) is 44.1 Å². The van der Waals surface area contributed by atoms with Crippen LogP contribution in [0.15, 0.2) is 28.7 Å². The van der Waals surface area contributed by atoms with Crippen molar-refractivity contribution >= 4 is 17.9 Å². The molecule has 0 saturated carbocycles. The molecule has 10 nitrogen and oxygen atoms in total. The number of ketones is 1. The second kappa shape index (κ2) is 11.6. The molecule has 180 valence electrons. The largest absolute Gasteiger partial charge is 0.511 e. The molecule has 2 aliphatic heterocycles. The van der Waals surface area contributed by atoms with Crippen LogP contribution in [0.1, 0.15) is 24.3 Å². The van der Waals surface area contributed by atoms with Crippen molar-refractivity contribution in [2.45, 2.75) is 18.8 Å². The number of ether oxygens (including phenoxy) is 1. The molecule has 0 bridgehead atoms. The lowest BCUT2D eigenvalue weighted by Gasteiger charge is -2.33. The summed E-state index contributed by atoms with van der Waals surface area (Å²) in [6.45, 7) is 9.04. The molecular formula is C23H34N6O4. The van der Waals surface area contributed by atoms with Gasteiger partial charge in [0.1, 0.15) is 5.76 Å². The first-order valence-electron chi connectivity index (χ1n) is 11.8. The van der Waals surface area contributed by atoms with E-state index in [1.807, 2.05) is 0 Å². The van der Waals surface area contributed by atoms with Gasteiger partial charge in [0.2, 0.25) is 5.95 Å². The van der Waals surface area contributed by atoms with Gasteiger partial charge in [0, 0.05) is 89.7 Å². The summed E-state index contributed by atoms with van der Waals surface area (Å²) < 4.78 is 5.36. The summed E-state index contributed by atoms with van der Waals surface area (Å²) in [6, 6.07) is 0. The predicted molar refractivity (Wildman–Crippen MR) is 125 cm³/mol. The van der Waals surface area contributed by atoms with Crippen LogP contribution in [0, 0.1) is 0 Å². The van der Waals surface area contributed by atoms with Crippen molar-refractivity contribution in [3.05, 3.63) is 29.3 Å². The van der Waals surface area contributed by atoms with E-state index in [4.69, 9.17) is 9.84 Å². The summed E-state index contributed by atoms with van der Waals surface area (Å²) in [5.74, 6) is 0.549. The van der Waals surface area contributed by atoms with Gasteiger partial charge in [-0.3, -0.25) is 19.6 Å². The van der Waals surface area contributed by atoms with Crippen LogP contribution in [-0.4, -0.2) is 121 Å². The van der Waals surface area contributed by atoms with E-state index in [-0.39, 0.29) is 24.1 Å². The van der Waals surface area contributed by atoms with E-state index in [1.54, 1.807) is 12.4 Å². The number of rotatable bonds is 8. The summed E-state index contributed by atoms with van der Waals surface area (Å²) in [6.07, 6.45) is 5.78. The Morgan fingerprint density at radius 1 is 1.03 bits per heavy atom. The molecule has 0 radical (unpaired) electrons. The van der Waals surface area contributed by atoms with Crippen LogP contribution in [0.3, 0.4) is 0 Å². The highest BCUT2D eigenvalue weighted by atomic mass is 16.5. The topological polar surface area (TPSA) is 115 Å². The molecule has 0 spiro atoms. The van der Waals surface area contributed by atoms with Crippen molar-refractivity contribution in [3.8, 4) is 0 Å². The number of aliphatic imine (C=N–C) groups is 1. The highest BCUT2D eigenvalue weighted by Gasteiger charge is 2.28. The first-order chi connectivity index (χ1) is 16.1. The van der Waals surface area contributed by atoms with Gasteiger partial charge in [-0.1, -0.05) is 0 Å². The van der Waals surface area contributed by atoms with Crippen LogP contribution in [0.2, 0.25) is 0 Å². The quantitative estimate of drug-likeness (QED) is 0.529. The first-order valence-corrected chi connectivity index (χ1v) is 11.8.